The summed E-state index contributed by atoms with van der Waals surface area (Å²) < 4.78 is 3.08. The second kappa shape index (κ2) is 4.89. The van der Waals surface area contributed by atoms with E-state index in [1.54, 1.807) is 6.20 Å². The minimum absolute atomic E-state index is 0. The van der Waals surface area contributed by atoms with E-state index in [9.17, 15) is 0 Å². The number of nitrogens with zero attached hydrogens (tertiary/aromatic N) is 2. The molecule has 68 valence electrons. The van der Waals surface area contributed by atoms with Crippen molar-refractivity contribution in [1.82, 2.24) is 9.67 Å². The first-order valence-corrected chi connectivity index (χ1v) is 4.61. The summed E-state index contributed by atoms with van der Waals surface area (Å²) in [5.41, 5.74) is 1.12. The second-order valence-corrected chi connectivity index (χ2v) is 3.50. The second-order valence-electron chi connectivity index (χ2n) is 2.33. The molecule has 2 heterocycles. The Labute approximate surface area is 107 Å². The molecule has 0 fully saturated rings. The average Bonchev–Trinajstić information content (AvgIpc) is 2.57. The standard InChI is InChI=1S/C8H6IN3.HI/c9-7-6-10-4-2-8(7)12-5-1-3-11-12;/h1-6H;1H. The summed E-state index contributed by atoms with van der Waals surface area (Å²) in [7, 11) is 0. The lowest BCUT2D eigenvalue weighted by Gasteiger charge is -1.97. The summed E-state index contributed by atoms with van der Waals surface area (Å²) in [6, 6.07) is 3.93. The molecule has 2 rings (SSSR count). The van der Waals surface area contributed by atoms with Crippen molar-refractivity contribution < 1.29 is 29.1 Å². The Hall–Kier alpha value is -0.180. The van der Waals surface area contributed by atoms with Crippen molar-refractivity contribution in [3.05, 3.63) is 40.5 Å². The summed E-state index contributed by atoms with van der Waals surface area (Å²) in [6.45, 7) is 0. The Balaban J connectivity index is 0.000000845. The van der Waals surface area contributed by atoms with Gasteiger partial charge in [0.1, 0.15) is 5.69 Å². The highest BCUT2D eigenvalue weighted by Gasteiger charge is 2.03. The number of nitrogens with one attached hydrogen (secondary N) is 1. The van der Waals surface area contributed by atoms with E-state index in [-0.39, 0.29) is 24.0 Å². The maximum atomic E-state index is 4.02. The van der Waals surface area contributed by atoms with E-state index in [1.165, 1.54) is 0 Å². The van der Waals surface area contributed by atoms with Crippen LogP contribution in [-0.2, 0) is 0 Å². The molecule has 13 heavy (non-hydrogen) atoms. The maximum Gasteiger partial charge on any atom is 0.193 e. The number of rotatable bonds is 1. The maximum absolute atomic E-state index is 4.02. The average molecular weight is 399 g/mol. The van der Waals surface area contributed by atoms with Crippen LogP contribution in [0.4, 0.5) is 0 Å². The fourth-order valence-corrected chi connectivity index (χ4v) is 1.61. The van der Waals surface area contributed by atoms with Crippen LogP contribution in [0.25, 0.3) is 5.69 Å². The summed E-state index contributed by atoms with van der Waals surface area (Å²) in [4.78, 5) is 4.02. The number of pyridine rings is 1. The topological polar surface area (TPSA) is 32.0 Å². The lowest BCUT2D eigenvalue weighted by molar-refractivity contribution is -0.474. The van der Waals surface area contributed by atoms with E-state index >= 15 is 0 Å². The molecule has 0 atom stereocenters. The van der Waals surface area contributed by atoms with Crippen molar-refractivity contribution >= 4 is 22.6 Å². The molecule has 0 unspecified atom stereocenters. The first-order chi connectivity index (χ1) is 5.88. The van der Waals surface area contributed by atoms with E-state index in [2.05, 4.69) is 32.7 Å². The van der Waals surface area contributed by atoms with Gasteiger partial charge in [-0.25, -0.2) is 0 Å². The highest BCUT2D eigenvalue weighted by atomic mass is 127. The van der Waals surface area contributed by atoms with Gasteiger partial charge in [-0.1, -0.05) is 0 Å². The van der Waals surface area contributed by atoms with E-state index < -0.39 is 0 Å². The first kappa shape index (κ1) is 10.9. The summed E-state index contributed by atoms with van der Waals surface area (Å²) >= 11 is 2.26. The predicted octanol–water partition coefficient (Wildman–Crippen LogP) is -1.70. The molecule has 0 aliphatic heterocycles. The molecular weight excluding hydrogens is 392 g/mol. The summed E-state index contributed by atoms with van der Waals surface area (Å²) in [5, 5.41) is 3.08. The van der Waals surface area contributed by atoms with Crippen LogP contribution in [0.1, 0.15) is 0 Å². The van der Waals surface area contributed by atoms with Crippen LogP contribution in [0.5, 0.6) is 0 Å². The zero-order chi connectivity index (χ0) is 8.39. The monoisotopic (exact) mass is 399 g/mol. The molecule has 0 spiro atoms. The van der Waals surface area contributed by atoms with Crippen LogP contribution in [0.15, 0.2) is 36.9 Å². The predicted molar refractivity (Wildman–Crippen MR) is 52.8 cm³/mol. The molecule has 0 saturated heterocycles. The van der Waals surface area contributed by atoms with E-state index in [0.29, 0.717) is 0 Å². The highest BCUT2D eigenvalue weighted by molar-refractivity contribution is 14.1. The number of hydrogen-bond donors (Lipinski definition) is 0. The van der Waals surface area contributed by atoms with Gasteiger partial charge in [-0.15, -0.1) is 9.78 Å². The van der Waals surface area contributed by atoms with Crippen molar-refractivity contribution in [3.63, 3.8) is 0 Å². The Morgan fingerprint density at radius 1 is 1.46 bits per heavy atom. The zero-order valence-corrected chi connectivity index (χ0v) is 10.9. The number of hydrogen-bond acceptors (Lipinski definition) is 1. The van der Waals surface area contributed by atoms with Crippen molar-refractivity contribution in [1.29, 1.82) is 0 Å². The van der Waals surface area contributed by atoms with Crippen LogP contribution in [0.3, 0.4) is 0 Å². The van der Waals surface area contributed by atoms with Crippen LogP contribution < -0.4 is 29.1 Å². The normalized spacial score (nSPS) is 9.31. The molecule has 2 aromatic heterocycles. The molecule has 2 aromatic rings. The van der Waals surface area contributed by atoms with Gasteiger partial charge in [-0.2, -0.15) is 0 Å². The molecule has 3 nitrogen and oxygen atoms in total. The van der Waals surface area contributed by atoms with Crippen LogP contribution in [0.2, 0.25) is 0 Å². The van der Waals surface area contributed by atoms with Gasteiger partial charge >= 0.3 is 0 Å². The van der Waals surface area contributed by atoms with Gasteiger partial charge < -0.3 is 24.0 Å². The van der Waals surface area contributed by atoms with E-state index in [1.807, 2.05) is 35.4 Å². The fourth-order valence-electron chi connectivity index (χ4n) is 1.01. The quantitative estimate of drug-likeness (QED) is 0.527. The van der Waals surface area contributed by atoms with Gasteiger partial charge in [0.25, 0.3) is 0 Å². The van der Waals surface area contributed by atoms with Crippen molar-refractivity contribution in [3.8, 4) is 5.69 Å². The van der Waals surface area contributed by atoms with Crippen molar-refractivity contribution in [2.45, 2.75) is 0 Å². The largest absolute Gasteiger partial charge is 1.00 e. The number of H-pyrrole nitrogens is 1. The molecule has 0 bridgehead atoms. The lowest BCUT2D eigenvalue weighted by atomic mass is 10.4. The third kappa shape index (κ3) is 2.39. The van der Waals surface area contributed by atoms with E-state index in [4.69, 9.17) is 0 Å². The summed E-state index contributed by atoms with van der Waals surface area (Å²) in [6.07, 6.45) is 7.48. The third-order valence-corrected chi connectivity index (χ3v) is 2.39. The van der Waals surface area contributed by atoms with Crippen LogP contribution in [0, 0.1) is 3.57 Å². The molecule has 1 N–H and O–H groups in total. The van der Waals surface area contributed by atoms with Crippen molar-refractivity contribution in [2.75, 3.05) is 0 Å². The van der Waals surface area contributed by atoms with E-state index in [0.717, 1.165) is 9.26 Å². The number of halogens is 2. The molecule has 5 heteroatoms. The number of aromatic nitrogens is 3. The Kier molecular flexibility index (Phi) is 4.10. The molecule has 0 amide bonds. The van der Waals surface area contributed by atoms with Crippen LogP contribution in [-0.4, -0.2) is 9.67 Å². The molecule has 0 radical (unpaired) electrons. The van der Waals surface area contributed by atoms with Crippen LogP contribution >= 0.6 is 22.6 Å². The Morgan fingerprint density at radius 2 is 2.31 bits per heavy atom. The summed E-state index contributed by atoms with van der Waals surface area (Å²) in [5.74, 6) is 0. The van der Waals surface area contributed by atoms with Gasteiger partial charge in [0.2, 0.25) is 0 Å². The molecular formula is C8H7I2N3. The minimum Gasteiger partial charge on any atom is -1.00 e. The molecule has 0 aliphatic carbocycles. The smallest absolute Gasteiger partial charge is 0.193 e. The highest BCUT2D eigenvalue weighted by Crippen LogP contribution is 2.12. The molecule has 0 aliphatic rings. The third-order valence-electron chi connectivity index (χ3n) is 1.56. The SMILES string of the molecule is Ic1cnccc1-n1ccc[nH+]1.[I-]. The zero-order valence-electron chi connectivity index (χ0n) is 6.61. The van der Waals surface area contributed by atoms with Gasteiger partial charge in [0.15, 0.2) is 6.20 Å². The van der Waals surface area contributed by atoms with Gasteiger partial charge in [-0.05, 0) is 28.7 Å². The Bertz CT molecular complexity index is 373. The Morgan fingerprint density at radius 3 is 2.92 bits per heavy atom. The first-order valence-electron chi connectivity index (χ1n) is 3.53. The van der Waals surface area contributed by atoms with Gasteiger partial charge in [-0.3, -0.25) is 4.98 Å². The van der Waals surface area contributed by atoms with Gasteiger partial charge in [0.05, 0.1) is 9.77 Å². The molecule has 0 aromatic carbocycles. The van der Waals surface area contributed by atoms with Gasteiger partial charge in [0, 0.05) is 18.5 Å². The lowest BCUT2D eigenvalue weighted by Crippen LogP contribution is -3.00. The number of aromatic amines is 1. The molecule has 0 saturated carbocycles. The van der Waals surface area contributed by atoms with Crippen molar-refractivity contribution in [2.24, 2.45) is 0 Å². The fraction of sp³-hybridized carbons (Fsp3) is 0. The minimum atomic E-state index is 0.